The number of aryl methyl sites for hydroxylation is 1. The van der Waals surface area contributed by atoms with Crippen molar-refractivity contribution in [1.82, 2.24) is 9.47 Å². The van der Waals surface area contributed by atoms with E-state index in [1.165, 1.54) is 18.2 Å². The van der Waals surface area contributed by atoms with Gasteiger partial charge in [-0.2, -0.15) is 0 Å². The molecular formula is C16H20N2O2. The van der Waals surface area contributed by atoms with E-state index < -0.39 is 0 Å². The summed E-state index contributed by atoms with van der Waals surface area (Å²) in [5, 5.41) is 1.01. The first kappa shape index (κ1) is 13.2. The number of esters is 1. The highest BCUT2D eigenvalue weighted by Gasteiger charge is 2.24. The van der Waals surface area contributed by atoms with Crippen LogP contribution < -0.4 is 0 Å². The molecule has 0 saturated carbocycles. The molecule has 1 aliphatic heterocycles. The van der Waals surface area contributed by atoms with Gasteiger partial charge in [-0.05, 0) is 36.7 Å². The summed E-state index contributed by atoms with van der Waals surface area (Å²) >= 11 is 0. The van der Waals surface area contributed by atoms with Crippen LogP contribution in [-0.4, -0.2) is 29.1 Å². The Morgan fingerprint density at radius 2 is 1.95 bits per heavy atom. The van der Waals surface area contributed by atoms with Gasteiger partial charge in [-0.1, -0.05) is 6.92 Å². The number of hydrogen-bond donors (Lipinski definition) is 0. The molecule has 1 aliphatic rings. The summed E-state index contributed by atoms with van der Waals surface area (Å²) in [5.74, 6) is -0.251. The van der Waals surface area contributed by atoms with Gasteiger partial charge in [0.2, 0.25) is 0 Å². The second-order valence-electron chi connectivity index (χ2n) is 5.45. The Morgan fingerprint density at radius 1 is 1.30 bits per heavy atom. The van der Waals surface area contributed by atoms with Crippen molar-refractivity contribution in [2.75, 3.05) is 13.7 Å². The topological polar surface area (TPSA) is 34.5 Å². The van der Waals surface area contributed by atoms with E-state index in [4.69, 9.17) is 4.74 Å². The minimum absolute atomic E-state index is 0.251. The Balaban J connectivity index is 2.23. The van der Waals surface area contributed by atoms with Crippen LogP contribution >= 0.6 is 0 Å². The summed E-state index contributed by atoms with van der Waals surface area (Å²) in [6.07, 6.45) is 0. The zero-order chi connectivity index (χ0) is 14.4. The molecule has 106 valence electrons. The number of carbonyl (C=O) groups is 1. The molecule has 1 aromatic heterocycles. The van der Waals surface area contributed by atoms with Crippen molar-refractivity contribution in [3.63, 3.8) is 0 Å². The van der Waals surface area contributed by atoms with Crippen molar-refractivity contribution < 1.29 is 9.53 Å². The van der Waals surface area contributed by atoms with Crippen molar-refractivity contribution in [3.8, 4) is 0 Å². The molecule has 0 aliphatic carbocycles. The second kappa shape index (κ2) is 4.63. The fraction of sp³-hybridized carbons (Fsp3) is 0.438. The van der Waals surface area contributed by atoms with E-state index in [1.807, 2.05) is 14.0 Å². The van der Waals surface area contributed by atoms with Gasteiger partial charge in [-0.3, -0.25) is 4.90 Å². The molecule has 4 nitrogen and oxygen atoms in total. The number of fused-ring (bicyclic) bond motifs is 2. The third-order valence-electron chi connectivity index (χ3n) is 4.44. The lowest BCUT2D eigenvalue weighted by Crippen LogP contribution is -2.14. The Hall–Kier alpha value is -1.81. The van der Waals surface area contributed by atoms with Gasteiger partial charge in [0, 0.05) is 36.7 Å². The van der Waals surface area contributed by atoms with Gasteiger partial charge in [0.1, 0.15) is 0 Å². The molecule has 0 fully saturated rings. The Labute approximate surface area is 118 Å². The van der Waals surface area contributed by atoms with E-state index in [1.54, 1.807) is 0 Å². The van der Waals surface area contributed by atoms with Gasteiger partial charge >= 0.3 is 5.97 Å². The number of ether oxygens (including phenoxy) is 1. The summed E-state index contributed by atoms with van der Waals surface area (Å²) in [4.78, 5) is 14.4. The highest BCUT2D eigenvalue weighted by molar-refractivity contribution is 6.06. The Morgan fingerprint density at radius 3 is 2.55 bits per heavy atom. The second-order valence-corrected chi connectivity index (χ2v) is 5.45. The lowest BCUT2D eigenvalue weighted by molar-refractivity contribution is 0.0602. The largest absolute Gasteiger partial charge is 0.465 e. The average Bonchev–Trinajstić information content (AvgIpc) is 2.96. The van der Waals surface area contributed by atoms with Gasteiger partial charge in [0.25, 0.3) is 0 Å². The van der Waals surface area contributed by atoms with Crippen LogP contribution in [0.25, 0.3) is 10.9 Å². The standard InChI is InChI=1S/C16H20N2O2/c1-5-18-8-11-6-13-14(7-12(11)9-18)17(3)10(2)15(13)16(19)20-4/h6-7H,5,8-9H2,1-4H3. The highest BCUT2D eigenvalue weighted by Crippen LogP contribution is 2.32. The Bertz CT molecular complexity index is 700. The molecule has 2 aromatic rings. The SMILES string of the molecule is CCN1Cc2cc3c(C(=O)OC)c(C)n(C)c3cc2C1. The van der Waals surface area contributed by atoms with Crippen molar-refractivity contribution >= 4 is 16.9 Å². The summed E-state index contributed by atoms with van der Waals surface area (Å²) in [7, 11) is 3.44. The number of carbonyl (C=O) groups excluding carboxylic acids is 1. The van der Waals surface area contributed by atoms with Crippen molar-refractivity contribution in [2.45, 2.75) is 26.9 Å². The molecule has 0 bridgehead atoms. The molecule has 3 rings (SSSR count). The van der Waals surface area contributed by atoms with Crippen LogP contribution in [0.15, 0.2) is 12.1 Å². The fourth-order valence-electron chi connectivity index (χ4n) is 3.11. The number of hydrogen-bond acceptors (Lipinski definition) is 3. The third kappa shape index (κ3) is 1.75. The van der Waals surface area contributed by atoms with E-state index in [2.05, 4.69) is 28.5 Å². The highest BCUT2D eigenvalue weighted by atomic mass is 16.5. The number of benzene rings is 1. The molecule has 0 unspecified atom stereocenters. The maximum atomic E-state index is 12.0. The van der Waals surface area contributed by atoms with Gasteiger partial charge in [-0.25, -0.2) is 4.79 Å². The van der Waals surface area contributed by atoms with E-state index in [0.29, 0.717) is 5.56 Å². The van der Waals surface area contributed by atoms with E-state index in [0.717, 1.165) is 36.2 Å². The lowest BCUT2D eigenvalue weighted by Gasteiger charge is -2.09. The summed E-state index contributed by atoms with van der Waals surface area (Å²) in [5.41, 5.74) is 5.47. The minimum atomic E-state index is -0.251. The summed E-state index contributed by atoms with van der Waals surface area (Å²) in [6.45, 7) is 7.16. The molecule has 2 heterocycles. The zero-order valence-corrected chi connectivity index (χ0v) is 12.5. The summed E-state index contributed by atoms with van der Waals surface area (Å²) in [6, 6.07) is 4.39. The third-order valence-corrected chi connectivity index (χ3v) is 4.44. The van der Waals surface area contributed by atoms with Gasteiger partial charge in [0.15, 0.2) is 0 Å². The number of rotatable bonds is 2. The van der Waals surface area contributed by atoms with Crippen molar-refractivity contribution in [2.24, 2.45) is 7.05 Å². The van der Waals surface area contributed by atoms with E-state index in [-0.39, 0.29) is 5.97 Å². The molecule has 0 saturated heterocycles. The number of aromatic nitrogens is 1. The normalized spacial score (nSPS) is 14.8. The first-order valence-electron chi connectivity index (χ1n) is 6.98. The molecule has 0 radical (unpaired) electrons. The predicted molar refractivity (Wildman–Crippen MR) is 78.8 cm³/mol. The molecule has 4 heteroatoms. The summed E-state index contributed by atoms with van der Waals surface area (Å²) < 4.78 is 7.02. The van der Waals surface area contributed by atoms with Crippen LogP contribution in [0.4, 0.5) is 0 Å². The lowest BCUT2D eigenvalue weighted by atomic mass is 10.0. The quantitative estimate of drug-likeness (QED) is 0.788. The molecule has 0 spiro atoms. The average molecular weight is 272 g/mol. The molecule has 20 heavy (non-hydrogen) atoms. The monoisotopic (exact) mass is 272 g/mol. The smallest absolute Gasteiger partial charge is 0.340 e. The van der Waals surface area contributed by atoms with E-state index in [9.17, 15) is 4.79 Å². The first-order chi connectivity index (χ1) is 9.56. The molecule has 0 amide bonds. The van der Waals surface area contributed by atoms with Gasteiger partial charge in [-0.15, -0.1) is 0 Å². The first-order valence-corrected chi connectivity index (χ1v) is 6.98. The van der Waals surface area contributed by atoms with Crippen LogP contribution in [0, 0.1) is 6.92 Å². The molecule has 1 aromatic carbocycles. The van der Waals surface area contributed by atoms with Crippen LogP contribution in [0.3, 0.4) is 0 Å². The maximum Gasteiger partial charge on any atom is 0.340 e. The van der Waals surface area contributed by atoms with Crippen molar-refractivity contribution in [3.05, 3.63) is 34.5 Å². The van der Waals surface area contributed by atoms with E-state index >= 15 is 0 Å². The maximum absolute atomic E-state index is 12.0. The Kier molecular flexibility index (Phi) is 3.05. The number of nitrogens with zero attached hydrogens (tertiary/aromatic N) is 2. The van der Waals surface area contributed by atoms with Crippen LogP contribution in [0.1, 0.15) is 34.1 Å². The molecule has 0 atom stereocenters. The van der Waals surface area contributed by atoms with Gasteiger partial charge in [0.05, 0.1) is 12.7 Å². The molecular weight excluding hydrogens is 252 g/mol. The van der Waals surface area contributed by atoms with Crippen molar-refractivity contribution in [1.29, 1.82) is 0 Å². The van der Waals surface area contributed by atoms with Crippen LogP contribution in [0.5, 0.6) is 0 Å². The zero-order valence-electron chi connectivity index (χ0n) is 12.5. The van der Waals surface area contributed by atoms with Crippen LogP contribution in [0.2, 0.25) is 0 Å². The minimum Gasteiger partial charge on any atom is -0.465 e. The van der Waals surface area contributed by atoms with Gasteiger partial charge < -0.3 is 9.30 Å². The fourth-order valence-corrected chi connectivity index (χ4v) is 3.11. The molecule has 0 N–H and O–H groups in total. The van der Waals surface area contributed by atoms with Crippen LogP contribution in [-0.2, 0) is 24.9 Å². The number of methoxy groups -OCH3 is 1. The predicted octanol–water partition coefficient (Wildman–Crippen LogP) is 2.61.